The number of aryl methyl sites for hydroxylation is 1. The average molecular weight is 162 g/mol. The van der Waals surface area contributed by atoms with E-state index in [1.54, 1.807) is 7.05 Å². The van der Waals surface area contributed by atoms with Crippen molar-refractivity contribution in [3.8, 4) is 0 Å². The van der Waals surface area contributed by atoms with Gasteiger partial charge in [0.15, 0.2) is 0 Å². The number of hydrogen-bond donors (Lipinski definition) is 0. The van der Waals surface area contributed by atoms with Crippen LogP contribution < -0.4 is 0 Å². The second-order valence-corrected chi connectivity index (χ2v) is 2.26. The van der Waals surface area contributed by atoms with Crippen LogP contribution >= 0.6 is 0 Å². The Morgan fingerprint density at radius 1 is 1.55 bits per heavy atom. The fourth-order valence-electron chi connectivity index (χ4n) is 0.649. The van der Waals surface area contributed by atoms with Crippen LogP contribution in [0.2, 0.25) is 0 Å². The van der Waals surface area contributed by atoms with Crippen LogP contribution in [0.15, 0.2) is 12.3 Å². The van der Waals surface area contributed by atoms with Gasteiger partial charge < -0.3 is 0 Å². The molecule has 0 aliphatic rings. The molecule has 11 heavy (non-hydrogen) atoms. The lowest BCUT2D eigenvalue weighted by Crippen LogP contribution is -2.08. The van der Waals surface area contributed by atoms with Gasteiger partial charge in [0.25, 0.3) is 5.92 Å². The van der Waals surface area contributed by atoms with E-state index in [4.69, 9.17) is 0 Å². The van der Waals surface area contributed by atoms with Gasteiger partial charge in [-0.1, -0.05) is 7.43 Å². The monoisotopic (exact) mass is 162 g/mol. The van der Waals surface area contributed by atoms with Crippen molar-refractivity contribution in [1.82, 2.24) is 9.78 Å². The molecule has 0 bridgehead atoms. The first-order valence-corrected chi connectivity index (χ1v) is 2.88. The molecule has 0 N–H and O–H groups in total. The molecule has 0 aliphatic carbocycles. The fourth-order valence-corrected chi connectivity index (χ4v) is 0.649. The molecule has 2 nitrogen and oxygen atoms in total. The molecule has 0 radical (unpaired) electrons. The third-order valence-electron chi connectivity index (χ3n) is 1.16. The Morgan fingerprint density at radius 2 is 2.09 bits per heavy atom. The summed E-state index contributed by atoms with van der Waals surface area (Å²) < 4.78 is 26.1. The summed E-state index contributed by atoms with van der Waals surface area (Å²) in [5.41, 5.74) is -0.185. The Morgan fingerprint density at radius 3 is 2.27 bits per heavy atom. The summed E-state index contributed by atoms with van der Waals surface area (Å²) in [5.74, 6) is -2.82. The maximum absolute atomic E-state index is 12.4. The van der Waals surface area contributed by atoms with Crippen molar-refractivity contribution in [3.05, 3.63) is 18.0 Å². The molecule has 0 saturated heterocycles. The van der Waals surface area contributed by atoms with Gasteiger partial charge in [-0.2, -0.15) is 13.9 Å². The average Bonchev–Trinajstić information content (AvgIpc) is 2.11. The molecular formula is C7H12F2N2. The highest BCUT2D eigenvalue weighted by molar-refractivity contribution is 5.04. The fraction of sp³-hybridized carbons (Fsp3) is 0.571. The zero-order chi connectivity index (χ0) is 7.78. The van der Waals surface area contributed by atoms with E-state index >= 15 is 0 Å². The molecule has 1 rings (SSSR count). The van der Waals surface area contributed by atoms with Gasteiger partial charge in [0, 0.05) is 20.2 Å². The molecule has 64 valence electrons. The third kappa shape index (κ3) is 2.29. The lowest BCUT2D eigenvalue weighted by molar-refractivity contribution is 0.0122. The maximum atomic E-state index is 12.4. The van der Waals surface area contributed by atoms with Crippen LogP contribution in [0.3, 0.4) is 0 Å². The second kappa shape index (κ2) is 2.98. The van der Waals surface area contributed by atoms with Crippen LogP contribution in [0, 0.1) is 0 Å². The summed E-state index contributed by atoms with van der Waals surface area (Å²) in [5, 5.41) is 3.55. The van der Waals surface area contributed by atoms with Crippen molar-refractivity contribution in [2.24, 2.45) is 7.05 Å². The number of halogens is 2. The molecule has 0 fully saturated rings. The number of rotatable bonds is 1. The van der Waals surface area contributed by atoms with Crippen LogP contribution in [0.5, 0.6) is 0 Å². The molecule has 0 unspecified atom stereocenters. The van der Waals surface area contributed by atoms with Crippen LogP contribution in [-0.2, 0) is 13.0 Å². The first-order valence-electron chi connectivity index (χ1n) is 2.88. The SMILES string of the molecule is C.Cn1ccc(C(C)(F)F)n1. The number of nitrogens with zero attached hydrogens (tertiary/aromatic N) is 2. The van der Waals surface area contributed by atoms with E-state index in [2.05, 4.69) is 5.10 Å². The summed E-state index contributed by atoms with van der Waals surface area (Å²) in [6, 6.07) is 1.31. The first-order chi connectivity index (χ1) is 4.50. The van der Waals surface area contributed by atoms with Crippen molar-refractivity contribution >= 4 is 0 Å². The van der Waals surface area contributed by atoms with Crippen LogP contribution in [0.1, 0.15) is 20.0 Å². The van der Waals surface area contributed by atoms with Gasteiger partial charge >= 0.3 is 0 Å². The Kier molecular flexibility index (Phi) is 2.73. The Bertz CT molecular complexity index is 225. The highest BCUT2D eigenvalue weighted by atomic mass is 19.3. The third-order valence-corrected chi connectivity index (χ3v) is 1.16. The predicted octanol–water partition coefficient (Wildman–Crippen LogP) is 2.17. The van der Waals surface area contributed by atoms with E-state index in [0.717, 1.165) is 6.92 Å². The first kappa shape index (κ1) is 10.1. The van der Waals surface area contributed by atoms with Gasteiger partial charge in [0.05, 0.1) is 0 Å². The van der Waals surface area contributed by atoms with E-state index in [1.807, 2.05) is 0 Å². The van der Waals surface area contributed by atoms with Gasteiger partial charge in [-0.3, -0.25) is 4.68 Å². The van der Waals surface area contributed by atoms with Gasteiger partial charge in [-0.15, -0.1) is 0 Å². The van der Waals surface area contributed by atoms with Gasteiger partial charge in [-0.25, -0.2) is 0 Å². The number of aromatic nitrogens is 2. The summed E-state index contributed by atoms with van der Waals surface area (Å²) in [7, 11) is 1.61. The van der Waals surface area contributed by atoms with E-state index in [0.29, 0.717) is 0 Å². The summed E-state index contributed by atoms with van der Waals surface area (Å²) in [6.07, 6.45) is 1.49. The molecule has 1 aromatic rings. The molecule has 1 aromatic heterocycles. The van der Waals surface area contributed by atoms with Gasteiger partial charge in [-0.05, 0) is 6.07 Å². The van der Waals surface area contributed by atoms with Crippen molar-refractivity contribution in [1.29, 1.82) is 0 Å². The highest BCUT2D eigenvalue weighted by Crippen LogP contribution is 2.24. The van der Waals surface area contributed by atoms with E-state index < -0.39 is 5.92 Å². The van der Waals surface area contributed by atoms with Gasteiger partial charge in [0.2, 0.25) is 0 Å². The van der Waals surface area contributed by atoms with Gasteiger partial charge in [0.1, 0.15) is 5.69 Å². The van der Waals surface area contributed by atoms with Crippen molar-refractivity contribution in [2.75, 3.05) is 0 Å². The second-order valence-electron chi connectivity index (χ2n) is 2.26. The van der Waals surface area contributed by atoms with Crippen molar-refractivity contribution in [3.63, 3.8) is 0 Å². The molecular weight excluding hydrogens is 150 g/mol. The zero-order valence-electron chi connectivity index (χ0n) is 5.81. The van der Waals surface area contributed by atoms with Crippen molar-refractivity contribution in [2.45, 2.75) is 20.3 Å². The normalized spacial score (nSPS) is 10.9. The molecule has 0 aliphatic heterocycles. The molecule has 0 saturated carbocycles. The molecule has 0 atom stereocenters. The van der Waals surface area contributed by atoms with Crippen LogP contribution in [0.25, 0.3) is 0 Å². The Labute approximate surface area is 64.8 Å². The lowest BCUT2D eigenvalue weighted by atomic mass is 10.3. The number of hydrogen-bond acceptors (Lipinski definition) is 1. The smallest absolute Gasteiger partial charge is 0.275 e. The lowest BCUT2D eigenvalue weighted by Gasteiger charge is -2.03. The minimum Gasteiger partial charge on any atom is -0.275 e. The van der Waals surface area contributed by atoms with Crippen LogP contribution in [0.4, 0.5) is 8.78 Å². The Hall–Kier alpha value is -0.930. The maximum Gasteiger partial charge on any atom is 0.288 e. The molecule has 1 heterocycles. The minimum atomic E-state index is -2.82. The van der Waals surface area contributed by atoms with E-state index in [9.17, 15) is 8.78 Å². The molecule has 0 spiro atoms. The molecule has 0 aromatic carbocycles. The molecule has 0 amide bonds. The summed E-state index contributed by atoms with van der Waals surface area (Å²) >= 11 is 0. The quantitative estimate of drug-likeness (QED) is 0.618. The highest BCUT2D eigenvalue weighted by Gasteiger charge is 2.26. The standard InChI is InChI=1S/C6H8F2N2.CH4/c1-6(7,8)5-3-4-10(2)9-5;/h3-4H,1-2H3;1H4. The van der Waals surface area contributed by atoms with Crippen LogP contribution in [-0.4, -0.2) is 9.78 Å². The van der Waals surface area contributed by atoms with E-state index in [-0.39, 0.29) is 13.1 Å². The minimum absolute atomic E-state index is 0. The summed E-state index contributed by atoms with van der Waals surface area (Å²) in [6.45, 7) is 0.829. The Balaban J connectivity index is 0.000001000. The topological polar surface area (TPSA) is 17.8 Å². The predicted molar refractivity (Wildman–Crippen MR) is 39.5 cm³/mol. The largest absolute Gasteiger partial charge is 0.288 e. The molecule has 4 heteroatoms. The number of alkyl halides is 2. The zero-order valence-corrected chi connectivity index (χ0v) is 5.81. The van der Waals surface area contributed by atoms with Crippen molar-refractivity contribution < 1.29 is 8.78 Å². The van der Waals surface area contributed by atoms with E-state index in [1.165, 1.54) is 16.9 Å². The summed E-state index contributed by atoms with van der Waals surface area (Å²) in [4.78, 5) is 0.